The topological polar surface area (TPSA) is 143 Å². The SMILES string of the molecule is CC(CCC(=O)NC=O)N1C(=O)c2ccc(CNCc3ccc(CNC(=O)Cn4c5ccccc5c5cccnc54)cc3F)cc2C1=O. The van der Waals surface area contributed by atoms with Crippen molar-refractivity contribution in [1.82, 2.24) is 30.4 Å². The number of pyridine rings is 1. The number of nitrogens with zero attached hydrogens (tertiary/aromatic N) is 3. The molecule has 0 aliphatic carbocycles. The summed E-state index contributed by atoms with van der Waals surface area (Å²) in [5.41, 5.74) is 4.00. The molecule has 5 aromatic rings. The van der Waals surface area contributed by atoms with Crippen LogP contribution >= 0.6 is 0 Å². The number of aromatic nitrogens is 2. The number of carbonyl (C=O) groups is 5. The van der Waals surface area contributed by atoms with Gasteiger partial charge in [0.25, 0.3) is 11.8 Å². The van der Waals surface area contributed by atoms with Crippen LogP contribution in [-0.2, 0) is 40.6 Å². The molecule has 1 aliphatic heterocycles. The molecule has 5 amide bonds. The van der Waals surface area contributed by atoms with Crippen LogP contribution in [0.1, 0.15) is 57.2 Å². The van der Waals surface area contributed by atoms with Crippen molar-refractivity contribution in [2.24, 2.45) is 0 Å². The number of benzene rings is 3. The van der Waals surface area contributed by atoms with Gasteiger partial charge in [-0.05, 0) is 60.9 Å². The molecule has 0 saturated carbocycles. The molecule has 244 valence electrons. The van der Waals surface area contributed by atoms with Gasteiger partial charge in [-0.1, -0.05) is 36.4 Å². The van der Waals surface area contributed by atoms with Crippen LogP contribution in [0.25, 0.3) is 21.9 Å². The van der Waals surface area contributed by atoms with E-state index in [0.717, 1.165) is 32.4 Å². The Morgan fingerprint density at radius 2 is 1.62 bits per heavy atom. The highest BCUT2D eigenvalue weighted by molar-refractivity contribution is 6.21. The monoisotopic (exact) mass is 648 g/mol. The molecule has 3 N–H and O–H groups in total. The molecule has 6 rings (SSSR count). The molecule has 0 spiro atoms. The fraction of sp³-hybridized carbons (Fsp3) is 0.222. The summed E-state index contributed by atoms with van der Waals surface area (Å²) in [6.07, 6.45) is 2.21. The molecule has 0 radical (unpaired) electrons. The Balaban J connectivity index is 1.01. The molecule has 0 bridgehead atoms. The Labute approximate surface area is 275 Å². The van der Waals surface area contributed by atoms with Crippen molar-refractivity contribution in [1.29, 1.82) is 0 Å². The van der Waals surface area contributed by atoms with Crippen molar-refractivity contribution in [2.75, 3.05) is 0 Å². The Bertz CT molecular complexity index is 2020. The van der Waals surface area contributed by atoms with Gasteiger partial charge in [0.1, 0.15) is 18.0 Å². The number of fused-ring (bicyclic) bond motifs is 4. The van der Waals surface area contributed by atoms with Crippen LogP contribution in [0.15, 0.2) is 79.0 Å². The Morgan fingerprint density at radius 1 is 0.875 bits per heavy atom. The van der Waals surface area contributed by atoms with Crippen molar-refractivity contribution in [2.45, 2.75) is 52.0 Å². The number of nitrogens with one attached hydrogen (secondary N) is 3. The summed E-state index contributed by atoms with van der Waals surface area (Å²) >= 11 is 0. The molecule has 3 aromatic carbocycles. The predicted octanol–water partition coefficient (Wildman–Crippen LogP) is 3.97. The van der Waals surface area contributed by atoms with E-state index in [9.17, 15) is 24.0 Å². The molecule has 1 unspecified atom stereocenters. The van der Waals surface area contributed by atoms with Gasteiger partial charge in [0.2, 0.25) is 18.2 Å². The van der Waals surface area contributed by atoms with Crippen LogP contribution in [0.2, 0.25) is 0 Å². The van der Waals surface area contributed by atoms with E-state index in [-0.39, 0.29) is 49.5 Å². The van der Waals surface area contributed by atoms with E-state index < -0.39 is 29.6 Å². The zero-order valence-electron chi connectivity index (χ0n) is 26.2. The number of rotatable bonds is 13. The molecule has 0 fully saturated rings. The molecule has 1 atom stereocenters. The van der Waals surface area contributed by atoms with Gasteiger partial charge in [-0.2, -0.15) is 0 Å². The molecule has 48 heavy (non-hydrogen) atoms. The summed E-state index contributed by atoms with van der Waals surface area (Å²) in [6.45, 7) is 2.46. The molecule has 2 aromatic heterocycles. The van der Waals surface area contributed by atoms with Crippen molar-refractivity contribution in [3.05, 3.63) is 113 Å². The summed E-state index contributed by atoms with van der Waals surface area (Å²) in [4.78, 5) is 66.6. The Kier molecular flexibility index (Phi) is 9.35. The van der Waals surface area contributed by atoms with Crippen LogP contribution in [0.4, 0.5) is 4.39 Å². The zero-order valence-corrected chi connectivity index (χ0v) is 26.2. The largest absolute Gasteiger partial charge is 0.350 e. The van der Waals surface area contributed by atoms with Gasteiger partial charge < -0.3 is 15.2 Å². The van der Waals surface area contributed by atoms with E-state index >= 15 is 4.39 Å². The van der Waals surface area contributed by atoms with Crippen molar-refractivity contribution < 1.29 is 28.4 Å². The fourth-order valence-corrected chi connectivity index (χ4v) is 6.04. The van der Waals surface area contributed by atoms with Crippen LogP contribution in [0.5, 0.6) is 0 Å². The number of halogens is 1. The van der Waals surface area contributed by atoms with E-state index in [0.29, 0.717) is 24.1 Å². The van der Waals surface area contributed by atoms with Gasteiger partial charge >= 0.3 is 0 Å². The van der Waals surface area contributed by atoms with E-state index in [1.807, 2.05) is 46.3 Å². The van der Waals surface area contributed by atoms with Crippen LogP contribution < -0.4 is 16.0 Å². The Hall–Kier alpha value is -5.75. The van der Waals surface area contributed by atoms with Gasteiger partial charge in [0, 0.05) is 54.6 Å². The molecule has 3 heterocycles. The highest BCUT2D eigenvalue weighted by Crippen LogP contribution is 2.28. The average Bonchev–Trinajstić information content (AvgIpc) is 3.53. The second kappa shape index (κ2) is 13.9. The first kappa shape index (κ1) is 32.2. The first-order chi connectivity index (χ1) is 23.2. The summed E-state index contributed by atoms with van der Waals surface area (Å²) in [6, 6.07) is 21.0. The summed E-state index contributed by atoms with van der Waals surface area (Å²) in [7, 11) is 0. The van der Waals surface area contributed by atoms with E-state index in [1.54, 1.807) is 43.5 Å². The lowest BCUT2D eigenvalue weighted by Crippen LogP contribution is -2.38. The second-order valence-electron chi connectivity index (χ2n) is 11.7. The Morgan fingerprint density at radius 3 is 2.44 bits per heavy atom. The number of hydrogen-bond acceptors (Lipinski definition) is 7. The minimum absolute atomic E-state index is 0.00376. The number of carbonyl (C=O) groups excluding carboxylic acids is 5. The maximum Gasteiger partial charge on any atom is 0.261 e. The lowest BCUT2D eigenvalue weighted by Gasteiger charge is -2.22. The maximum absolute atomic E-state index is 15.0. The minimum Gasteiger partial charge on any atom is -0.350 e. The van der Waals surface area contributed by atoms with Crippen molar-refractivity contribution in [3.63, 3.8) is 0 Å². The van der Waals surface area contributed by atoms with E-state index in [2.05, 4.69) is 15.6 Å². The van der Waals surface area contributed by atoms with Gasteiger partial charge in [-0.15, -0.1) is 0 Å². The first-order valence-corrected chi connectivity index (χ1v) is 15.6. The van der Waals surface area contributed by atoms with Gasteiger partial charge in [-0.25, -0.2) is 9.37 Å². The van der Waals surface area contributed by atoms with Crippen molar-refractivity contribution in [3.8, 4) is 0 Å². The lowest BCUT2D eigenvalue weighted by atomic mass is 10.1. The smallest absolute Gasteiger partial charge is 0.261 e. The van der Waals surface area contributed by atoms with Gasteiger partial charge in [0.05, 0.1) is 16.6 Å². The van der Waals surface area contributed by atoms with Gasteiger partial charge in [0.15, 0.2) is 0 Å². The summed E-state index contributed by atoms with van der Waals surface area (Å²) < 4.78 is 16.9. The normalized spacial score (nSPS) is 13.2. The number of para-hydroxylation sites is 1. The first-order valence-electron chi connectivity index (χ1n) is 15.6. The molecule has 12 heteroatoms. The third kappa shape index (κ3) is 6.56. The van der Waals surface area contributed by atoms with Crippen LogP contribution in [0.3, 0.4) is 0 Å². The highest BCUT2D eigenvalue weighted by atomic mass is 19.1. The quantitative estimate of drug-likeness (QED) is 0.130. The van der Waals surface area contributed by atoms with Crippen LogP contribution in [-0.4, -0.2) is 50.5 Å². The molecule has 1 aliphatic rings. The fourth-order valence-electron chi connectivity index (χ4n) is 6.04. The molecule has 11 nitrogen and oxygen atoms in total. The third-order valence-corrected chi connectivity index (χ3v) is 8.51. The lowest BCUT2D eigenvalue weighted by molar-refractivity contribution is -0.125. The average molecular weight is 649 g/mol. The van der Waals surface area contributed by atoms with E-state index in [4.69, 9.17) is 0 Å². The second-order valence-corrected chi connectivity index (χ2v) is 11.7. The predicted molar refractivity (Wildman–Crippen MR) is 176 cm³/mol. The van der Waals surface area contributed by atoms with E-state index in [1.165, 1.54) is 6.07 Å². The molecular formula is C36H33FN6O5. The maximum atomic E-state index is 15.0. The molecule has 0 saturated heterocycles. The summed E-state index contributed by atoms with van der Waals surface area (Å²) in [5, 5.41) is 10.1. The number of imide groups is 2. The van der Waals surface area contributed by atoms with Gasteiger partial charge in [-0.3, -0.25) is 34.2 Å². The third-order valence-electron chi connectivity index (χ3n) is 8.51. The highest BCUT2D eigenvalue weighted by Gasteiger charge is 2.38. The van der Waals surface area contributed by atoms with Crippen molar-refractivity contribution >= 4 is 52.0 Å². The summed E-state index contributed by atoms with van der Waals surface area (Å²) in [5.74, 6) is -1.99. The molecular weight excluding hydrogens is 615 g/mol. The zero-order chi connectivity index (χ0) is 33.8. The standard InChI is InChI=1S/C36H33FN6O5/c1-22(8-13-32(45)41-21-44)43-35(47)28-12-10-23(15-29(28)36(43)48)17-38-19-25-11-9-24(16-30(25)37)18-40-33(46)20-42-31-7-3-2-5-26(31)27-6-4-14-39-34(27)42/h2-7,9-12,14-16,21-22,38H,8,13,17-20H2,1H3,(H,40,46)(H,41,44,45). The van der Waals surface area contributed by atoms with Crippen LogP contribution in [0, 0.1) is 5.82 Å². The number of hydrogen-bond donors (Lipinski definition) is 3. The minimum atomic E-state index is -0.534. The number of amides is 5.